The van der Waals surface area contributed by atoms with E-state index in [4.69, 9.17) is 16.7 Å². The topological polar surface area (TPSA) is 104 Å². The second-order valence-electron chi connectivity index (χ2n) is 5.86. The maximum absolute atomic E-state index is 10.4. The fraction of sp³-hybridized carbons (Fsp3) is 0.375. The van der Waals surface area contributed by atoms with Gasteiger partial charge in [-0.25, -0.2) is 14.8 Å². The van der Waals surface area contributed by atoms with Gasteiger partial charge in [0, 0.05) is 18.9 Å². The van der Waals surface area contributed by atoms with Crippen LogP contribution in [0.2, 0.25) is 5.02 Å². The summed E-state index contributed by atoms with van der Waals surface area (Å²) in [6, 6.07) is 5.92. The maximum Gasteiger partial charge on any atom is 0.404 e. The van der Waals surface area contributed by atoms with E-state index in [1.54, 1.807) is 29.2 Å². The normalized spacial score (nSPS) is 21.9. The van der Waals surface area contributed by atoms with E-state index in [0.29, 0.717) is 23.8 Å². The zero-order valence-electron chi connectivity index (χ0n) is 12.8. The van der Waals surface area contributed by atoms with Gasteiger partial charge in [-0.1, -0.05) is 11.6 Å². The van der Waals surface area contributed by atoms with Crippen molar-refractivity contribution in [3.05, 3.63) is 41.6 Å². The van der Waals surface area contributed by atoms with Crippen molar-refractivity contribution in [1.29, 1.82) is 5.26 Å². The Morgan fingerprint density at radius 2 is 2.38 bits per heavy atom. The Kier molecular flexibility index (Phi) is 4.40. The number of carboxylic acid groups (broad SMARTS) is 1. The van der Waals surface area contributed by atoms with E-state index in [2.05, 4.69) is 21.4 Å². The third-order valence-electron chi connectivity index (χ3n) is 4.33. The number of aromatic nitrogens is 3. The van der Waals surface area contributed by atoms with Crippen molar-refractivity contribution in [2.75, 3.05) is 6.54 Å². The summed E-state index contributed by atoms with van der Waals surface area (Å²) in [6.45, 7) is 0.399. The number of imidazole rings is 1. The van der Waals surface area contributed by atoms with Crippen molar-refractivity contribution >= 4 is 17.7 Å². The van der Waals surface area contributed by atoms with Crippen LogP contribution in [-0.4, -0.2) is 32.3 Å². The van der Waals surface area contributed by atoms with E-state index in [9.17, 15) is 10.1 Å². The van der Waals surface area contributed by atoms with Gasteiger partial charge >= 0.3 is 6.09 Å². The molecule has 0 radical (unpaired) electrons. The molecule has 0 bridgehead atoms. The van der Waals surface area contributed by atoms with Crippen molar-refractivity contribution in [3.8, 4) is 11.9 Å². The van der Waals surface area contributed by atoms with Crippen molar-refractivity contribution in [2.24, 2.45) is 5.92 Å². The lowest BCUT2D eigenvalue weighted by molar-refractivity contribution is 0.194. The minimum absolute atomic E-state index is 0.208. The van der Waals surface area contributed by atoms with Gasteiger partial charge in [0.2, 0.25) is 0 Å². The zero-order valence-corrected chi connectivity index (χ0v) is 13.6. The fourth-order valence-corrected chi connectivity index (χ4v) is 3.04. The van der Waals surface area contributed by atoms with Crippen LogP contribution in [0, 0.1) is 17.2 Å². The number of hydrogen-bond donors (Lipinski definition) is 2. The maximum atomic E-state index is 10.4. The number of pyridine rings is 1. The molecule has 1 saturated carbocycles. The highest BCUT2D eigenvalue weighted by atomic mass is 35.5. The Morgan fingerprint density at radius 1 is 1.54 bits per heavy atom. The molecule has 2 aromatic heterocycles. The van der Waals surface area contributed by atoms with Gasteiger partial charge in [-0.3, -0.25) is 4.57 Å². The number of hydrogen-bond acceptors (Lipinski definition) is 4. The Hall–Kier alpha value is -2.59. The summed E-state index contributed by atoms with van der Waals surface area (Å²) in [5.74, 6) is 0.897. The Bertz CT molecular complexity index is 783. The van der Waals surface area contributed by atoms with Crippen LogP contribution < -0.4 is 5.32 Å². The molecule has 0 saturated heterocycles. The van der Waals surface area contributed by atoms with Gasteiger partial charge in [-0.05, 0) is 37.3 Å². The van der Waals surface area contributed by atoms with Crippen LogP contribution in [0.3, 0.4) is 0 Å². The molecule has 7 nitrogen and oxygen atoms in total. The first-order chi connectivity index (χ1) is 11.5. The summed E-state index contributed by atoms with van der Waals surface area (Å²) in [7, 11) is 0. The molecule has 2 atom stereocenters. The number of nitrogens with zero attached hydrogens (tertiary/aromatic N) is 4. The highest BCUT2D eigenvalue weighted by Gasteiger charge is 2.57. The molecule has 0 aliphatic heterocycles. The van der Waals surface area contributed by atoms with Gasteiger partial charge in [0.1, 0.15) is 17.6 Å². The highest BCUT2D eigenvalue weighted by Crippen LogP contribution is 2.55. The van der Waals surface area contributed by atoms with Gasteiger partial charge in [0.05, 0.1) is 16.8 Å². The van der Waals surface area contributed by atoms with Crippen molar-refractivity contribution in [2.45, 2.75) is 24.7 Å². The minimum Gasteiger partial charge on any atom is -0.465 e. The molecule has 0 spiro atoms. The molecule has 8 heteroatoms. The van der Waals surface area contributed by atoms with Gasteiger partial charge in [-0.15, -0.1) is 0 Å². The fourth-order valence-electron chi connectivity index (χ4n) is 2.93. The largest absolute Gasteiger partial charge is 0.465 e. The summed E-state index contributed by atoms with van der Waals surface area (Å²) in [6.07, 6.45) is 6.26. The molecule has 1 fully saturated rings. The average Bonchev–Trinajstić information content (AvgIpc) is 3.06. The first-order valence-electron chi connectivity index (χ1n) is 7.59. The van der Waals surface area contributed by atoms with E-state index < -0.39 is 11.5 Å². The molecule has 1 aliphatic rings. The molecule has 2 heterocycles. The third kappa shape index (κ3) is 3.19. The molecule has 2 N–H and O–H groups in total. The lowest BCUT2D eigenvalue weighted by atomic mass is 9.99. The van der Waals surface area contributed by atoms with Gasteiger partial charge in [-0.2, -0.15) is 5.26 Å². The lowest BCUT2D eigenvalue weighted by Gasteiger charge is -2.06. The van der Waals surface area contributed by atoms with Crippen molar-refractivity contribution in [1.82, 2.24) is 19.9 Å². The Balaban J connectivity index is 1.66. The standard InChI is InChI=1S/C16H16ClN5O2/c17-12-3-4-14(20-7-12)22-8-13(21-10-22)16(9-18)6-11(16)2-1-5-19-15(23)24/h3-4,7-8,10-11,19H,1-2,5-6H2,(H,23,24)/t11-,16+/m1/s1. The molecule has 0 unspecified atom stereocenters. The molecular formula is C16H16ClN5O2. The number of nitriles is 1. The Labute approximate surface area is 143 Å². The predicted molar refractivity (Wildman–Crippen MR) is 87.0 cm³/mol. The molecule has 1 aliphatic carbocycles. The monoisotopic (exact) mass is 345 g/mol. The van der Waals surface area contributed by atoms with Crippen LogP contribution in [0.15, 0.2) is 30.9 Å². The number of carbonyl (C=O) groups is 1. The number of halogens is 1. The quantitative estimate of drug-likeness (QED) is 0.783. The summed E-state index contributed by atoms with van der Waals surface area (Å²) in [4.78, 5) is 19.0. The summed E-state index contributed by atoms with van der Waals surface area (Å²) >= 11 is 5.84. The van der Waals surface area contributed by atoms with Crippen LogP contribution in [0.4, 0.5) is 4.79 Å². The van der Waals surface area contributed by atoms with Gasteiger partial charge in [0.15, 0.2) is 0 Å². The van der Waals surface area contributed by atoms with Crippen LogP contribution in [-0.2, 0) is 5.41 Å². The molecule has 2 aromatic rings. The van der Waals surface area contributed by atoms with Crippen molar-refractivity contribution in [3.63, 3.8) is 0 Å². The summed E-state index contributed by atoms with van der Waals surface area (Å²) < 4.78 is 1.77. The van der Waals surface area contributed by atoms with E-state index in [0.717, 1.165) is 18.5 Å². The second kappa shape index (κ2) is 6.49. The molecule has 3 rings (SSSR count). The summed E-state index contributed by atoms with van der Waals surface area (Å²) in [5, 5.41) is 21.1. The van der Waals surface area contributed by atoms with E-state index in [1.165, 1.54) is 0 Å². The lowest BCUT2D eigenvalue weighted by Crippen LogP contribution is -2.22. The molecule has 24 heavy (non-hydrogen) atoms. The molecule has 0 aromatic carbocycles. The number of amides is 1. The summed E-state index contributed by atoms with van der Waals surface area (Å²) in [5.41, 5.74) is 0.166. The smallest absolute Gasteiger partial charge is 0.404 e. The first-order valence-corrected chi connectivity index (χ1v) is 7.97. The van der Waals surface area contributed by atoms with Crippen LogP contribution in [0.25, 0.3) is 5.82 Å². The molecule has 124 valence electrons. The van der Waals surface area contributed by atoms with E-state index in [1.807, 2.05) is 6.20 Å². The van der Waals surface area contributed by atoms with Gasteiger partial charge in [0.25, 0.3) is 0 Å². The van der Waals surface area contributed by atoms with Crippen molar-refractivity contribution < 1.29 is 9.90 Å². The SMILES string of the molecule is N#C[C@@]1(c2cn(-c3ccc(Cl)cn3)cn2)C[C@H]1CCCNC(=O)O. The second-order valence-corrected chi connectivity index (χ2v) is 6.30. The average molecular weight is 346 g/mol. The highest BCUT2D eigenvalue weighted by molar-refractivity contribution is 6.30. The minimum atomic E-state index is -1.02. The molecular weight excluding hydrogens is 330 g/mol. The zero-order chi connectivity index (χ0) is 17.2. The predicted octanol–water partition coefficient (Wildman–Crippen LogP) is 2.75. The number of rotatable bonds is 6. The van der Waals surface area contributed by atoms with Crippen LogP contribution in [0.1, 0.15) is 25.0 Å². The van der Waals surface area contributed by atoms with Crippen LogP contribution >= 0.6 is 11.6 Å². The number of nitrogens with one attached hydrogen (secondary N) is 1. The van der Waals surface area contributed by atoms with Crippen LogP contribution in [0.5, 0.6) is 0 Å². The van der Waals surface area contributed by atoms with E-state index in [-0.39, 0.29) is 5.92 Å². The third-order valence-corrected chi connectivity index (χ3v) is 4.55. The molecule has 1 amide bonds. The Morgan fingerprint density at radius 3 is 3.04 bits per heavy atom. The first kappa shape index (κ1) is 16.3. The van der Waals surface area contributed by atoms with Gasteiger partial charge < -0.3 is 10.4 Å². The van der Waals surface area contributed by atoms with E-state index >= 15 is 0 Å².